The van der Waals surface area contributed by atoms with Gasteiger partial charge < -0.3 is 34.7 Å². The molecule has 9 fully saturated rings. The molecule has 8 aliphatic carbocycles. The number of rotatable bonds is 20. The summed E-state index contributed by atoms with van der Waals surface area (Å²) in [5.41, 5.74) is 2.31. The third-order valence-corrected chi connectivity index (χ3v) is 25.1. The SMILES string of the molecule is CCC(CC)NC(CC)c1ccc(F)c(OCC[C@]23CCC4C(CCC5CC(=O)CC[C@@]54C)C2CC[C@@H]3O)c1.CCC(CC)NC(CC)c1ccc(F)c(OCC[C@]23CCC4C(CCC5CC6(CC[C@@]54C)OCCO6)C2CCC3=O)c1. The predicted molar refractivity (Wildman–Crippen MR) is 317 cm³/mol. The fraction of sp³-hybridized carbons (Fsp3) is 0.800. The number of halogens is 2. The highest BCUT2D eigenvalue weighted by atomic mass is 19.1. The van der Waals surface area contributed by atoms with Crippen molar-refractivity contribution in [2.75, 3.05) is 26.4 Å². The van der Waals surface area contributed by atoms with Gasteiger partial charge in [0, 0.05) is 67.1 Å². The number of aliphatic hydroxyl groups excluding tert-OH is 1. The zero-order chi connectivity index (χ0) is 57.3. The lowest BCUT2D eigenvalue weighted by Gasteiger charge is -2.61. The Morgan fingerprint density at radius 3 is 1.74 bits per heavy atom. The fourth-order valence-electron chi connectivity index (χ4n) is 20.2. The Hall–Kier alpha value is -2.96. The van der Waals surface area contributed by atoms with Crippen molar-refractivity contribution in [3.8, 4) is 11.5 Å². The largest absolute Gasteiger partial charge is 0.490 e. The van der Waals surface area contributed by atoms with Crippen molar-refractivity contribution in [1.82, 2.24) is 10.6 Å². The summed E-state index contributed by atoms with van der Waals surface area (Å²) < 4.78 is 54.5. The van der Waals surface area contributed by atoms with E-state index >= 15 is 0 Å². The number of carbonyl (C=O) groups is 2. The highest BCUT2D eigenvalue weighted by molar-refractivity contribution is 5.87. The van der Waals surface area contributed by atoms with Gasteiger partial charge in [-0.2, -0.15) is 0 Å². The van der Waals surface area contributed by atoms with E-state index in [4.69, 9.17) is 18.9 Å². The molecular weight excluding hydrogens is 1020 g/mol. The van der Waals surface area contributed by atoms with Gasteiger partial charge in [-0.1, -0.05) is 67.5 Å². The van der Waals surface area contributed by atoms with Crippen LogP contribution in [0.15, 0.2) is 36.4 Å². The molecule has 0 radical (unpaired) electrons. The number of carbonyl (C=O) groups excluding carboxylic acids is 2. The second-order valence-electron chi connectivity index (χ2n) is 28.2. The van der Waals surface area contributed by atoms with E-state index in [2.05, 4.69) is 66.0 Å². The average Bonchev–Trinajstić information content (AvgIpc) is 4.28. The van der Waals surface area contributed by atoms with Crippen LogP contribution in [0.25, 0.3) is 0 Å². The number of fused-ring (bicyclic) bond motifs is 10. The molecule has 452 valence electrons. The predicted octanol–water partition coefficient (Wildman–Crippen LogP) is 15.9. The van der Waals surface area contributed by atoms with Crippen LogP contribution in [0.5, 0.6) is 11.5 Å². The molecule has 9 nitrogen and oxygen atoms in total. The van der Waals surface area contributed by atoms with Crippen molar-refractivity contribution in [3.63, 3.8) is 0 Å². The minimum absolute atomic E-state index is 0.119. The summed E-state index contributed by atoms with van der Waals surface area (Å²) in [6.07, 6.45) is 25.8. The van der Waals surface area contributed by atoms with Crippen LogP contribution in [0.2, 0.25) is 0 Å². The molecular formula is C70H106F2N2O7. The van der Waals surface area contributed by atoms with E-state index in [1.165, 1.54) is 19.3 Å². The van der Waals surface area contributed by atoms with Crippen LogP contribution in [0.3, 0.4) is 0 Å². The van der Waals surface area contributed by atoms with E-state index in [9.17, 15) is 23.5 Å². The van der Waals surface area contributed by atoms with Gasteiger partial charge in [-0.05, 0) is 228 Å². The second kappa shape index (κ2) is 25.5. The van der Waals surface area contributed by atoms with Crippen LogP contribution in [0, 0.1) is 80.6 Å². The Bertz CT molecular complexity index is 2460. The van der Waals surface area contributed by atoms with E-state index in [1.807, 2.05) is 24.3 Å². The van der Waals surface area contributed by atoms with Crippen molar-refractivity contribution < 1.29 is 42.4 Å². The van der Waals surface area contributed by atoms with Gasteiger partial charge in [-0.25, -0.2) is 8.78 Å². The maximum atomic E-state index is 14.9. The average molecular weight is 1130 g/mol. The number of hydrogen-bond donors (Lipinski definition) is 3. The first-order valence-corrected chi connectivity index (χ1v) is 33.4. The highest BCUT2D eigenvalue weighted by Gasteiger charge is 2.64. The second-order valence-corrected chi connectivity index (χ2v) is 28.2. The van der Waals surface area contributed by atoms with E-state index in [0.29, 0.717) is 114 Å². The first-order valence-electron chi connectivity index (χ1n) is 33.4. The van der Waals surface area contributed by atoms with Crippen LogP contribution in [-0.4, -0.2) is 67.1 Å². The van der Waals surface area contributed by atoms with Crippen molar-refractivity contribution in [2.24, 2.45) is 69.0 Å². The van der Waals surface area contributed by atoms with Crippen LogP contribution < -0.4 is 20.1 Å². The van der Waals surface area contributed by atoms with Gasteiger partial charge in [0.1, 0.15) is 11.6 Å². The molecule has 1 saturated heterocycles. The van der Waals surface area contributed by atoms with Crippen molar-refractivity contribution in [3.05, 3.63) is 59.2 Å². The topological polar surface area (TPSA) is 115 Å². The van der Waals surface area contributed by atoms with E-state index in [-0.39, 0.29) is 51.9 Å². The lowest BCUT2D eigenvalue weighted by Crippen LogP contribution is -2.56. The van der Waals surface area contributed by atoms with Gasteiger partial charge in [0.05, 0.1) is 32.5 Å². The summed E-state index contributed by atoms with van der Waals surface area (Å²) in [4.78, 5) is 25.8. The molecule has 2 aromatic rings. The summed E-state index contributed by atoms with van der Waals surface area (Å²) in [5, 5.41) is 18.8. The summed E-state index contributed by atoms with van der Waals surface area (Å²) in [6.45, 7) is 20.5. The lowest BCUT2D eigenvalue weighted by atomic mass is 9.44. The molecule has 3 N–H and O–H groups in total. The number of nitrogens with one attached hydrogen (secondary N) is 2. The number of benzene rings is 2. The molecule has 11 rings (SSSR count). The minimum Gasteiger partial charge on any atom is -0.490 e. The van der Waals surface area contributed by atoms with Crippen LogP contribution in [-0.2, 0) is 19.1 Å². The molecule has 2 aromatic carbocycles. The van der Waals surface area contributed by atoms with Crippen LogP contribution >= 0.6 is 0 Å². The Balaban J connectivity index is 0.000000182. The Morgan fingerprint density at radius 2 is 1.15 bits per heavy atom. The molecule has 1 heterocycles. The molecule has 8 saturated carbocycles. The summed E-state index contributed by atoms with van der Waals surface area (Å²) in [5.74, 6) is 5.30. The van der Waals surface area contributed by atoms with E-state index in [1.54, 1.807) is 12.1 Å². The van der Waals surface area contributed by atoms with Gasteiger partial charge in [0.15, 0.2) is 28.9 Å². The zero-order valence-electron chi connectivity index (χ0n) is 51.3. The Morgan fingerprint density at radius 1 is 0.593 bits per heavy atom. The summed E-state index contributed by atoms with van der Waals surface area (Å²) in [7, 11) is 0. The molecule has 0 aromatic heterocycles. The molecule has 1 spiro atoms. The van der Waals surface area contributed by atoms with E-state index in [0.717, 1.165) is 159 Å². The number of Topliss-reactive ketones (excluding diaryl/α,β-unsaturated/α-hetero) is 2. The molecule has 1 aliphatic heterocycles. The van der Waals surface area contributed by atoms with Crippen molar-refractivity contribution in [2.45, 2.75) is 258 Å². The molecule has 0 bridgehead atoms. The first-order chi connectivity index (χ1) is 39.0. The maximum absolute atomic E-state index is 14.9. The Kier molecular flexibility index (Phi) is 19.3. The number of hydrogen-bond acceptors (Lipinski definition) is 9. The lowest BCUT2D eigenvalue weighted by molar-refractivity contribution is -0.229. The maximum Gasteiger partial charge on any atom is 0.168 e. The standard InChI is InChI=1S/C36H54FNO4.C34H52FNO3/c1-5-26(6-2)38-31(7-3)24-8-12-30(37)32(22-24)40-19-18-35-15-14-28-27(29(35)11-13-33(35)39)10-9-25-23-36(41-20-21-42-36)17-16-34(25,28)4;1-5-24(6-2)36-30(7-3)22-8-12-29(35)31(20-22)39-19-18-34-17-15-27-26(28(34)11-13-32(34)38)10-9-23-21-25(37)14-16-33(23,27)4/h8,12,22,25-29,31,38H,5-7,9-11,13-21,23H2,1-4H3;8,12,20,23-24,26-28,30,32,36,38H,5-7,9-11,13-19,21H2,1-4H3/t25?,27?,28?,29?,31?,34-,35+;23?,26?,27?,28?,30?,32-,33-,34+/m00/s1. The molecule has 0 amide bonds. The molecule has 11 heteroatoms. The third-order valence-electron chi connectivity index (χ3n) is 25.1. The van der Waals surface area contributed by atoms with Gasteiger partial charge in [-0.15, -0.1) is 0 Å². The van der Waals surface area contributed by atoms with Crippen molar-refractivity contribution >= 4 is 11.6 Å². The monoisotopic (exact) mass is 1120 g/mol. The van der Waals surface area contributed by atoms with Crippen LogP contribution in [0.4, 0.5) is 8.78 Å². The third kappa shape index (κ3) is 11.8. The van der Waals surface area contributed by atoms with Gasteiger partial charge >= 0.3 is 0 Å². The number of ketones is 2. The van der Waals surface area contributed by atoms with Gasteiger partial charge in [0.25, 0.3) is 0 Å². The normalized spacial score (nSPS) is 36.4. The number of ether oxygens (including phenoxy) is 4. The number of aliphatic hydroxyl groups is 1. The van der Waals surface area contributed by atoms with Crippen molar-refractivity contribution in [1.29, 1.82) is 0 Å². The molecule has 9 aliphatic rings. The van der Waals surface area contributed by atoms with Gasteiger partial charge in [0.2, 0.25) is 0 Å². The smallest absolute Gasteiger partial charge is 0.168 e. The molecule has 10 unspecified atom stereocenters. The highest BCUT2D eigenvalue weighted by Crippen LogP contribution is 2.69. The van der Waals surface area contributed by atoms with Gasteiger partial charge in [-0.3, -0.25) is 9.59 Å². The minimum atomic E-state index is -0.330. The molecule has 15 atom stereocenters. The van der Waals surface area contributed by atoms with Crippen LogP contribution in [0.1, 0.15) is 246 Å². The quantitative estimate of drug-likeness (QED) is 0.119. The summed E-state index contributed by atoms with van der Waals surface area (Å²) in [6, 6.07) is 11.9. The summed E-state index contributed by atoms with van der Waals surface area (Å²) >= 11 is 0. The molecule has 81 heavy (non-hydrogen) atoms. The fourth-order valence-corrected chi connectivity index (χ4v) is 20.2. The zero-order valence-corrected chi connectivity index (χ0v) is 51.3. The Labute approximate surface area is 487 Å². The van der Waals surface area contributed by atoms with E-state index < -0.39 is 0 Å². The first kappa shape index (κ1) is 61.1.